The average Bonchev–Trinajstić information content (AvgIpc) is 2.09. The van der Waals surface area contributed by atoms with E-state index in [2.05, 4.69) is 4.74 Å². The Morgan fingerprint density at radius 1 is 1.58 bits per heavy atom. The number of aldehydes is 1. The summed E-state index contributed by atoms with van der Waals surface area (Å²) in [7, 11) is 0. The number of ether oxygens (including phenoxy) is 1. The minimum atomic E-state index is -1.01. The fraction of sp³-hybridized carbons (Fsp3) is 0.125. The number of halogens is 1. The van der Waals surface area contributed by atoms with E-state index in [0.717, 1.165) is 0 Å². The lowest BCUT2D eigenvalue weighted by Gasteiger charge is -2.03. The van der Waals surface area contributed by atoms with Gasteiger partial charge >= 0.3 is 0 Å². The molecule has 0 bridgehead atoms. The molecular formula is C8H7FO3. The van der Waals surface area contributed by atoms with E-state index in [4.69, 9.17) is 5.11 Å². The molecule has 64 valence electrons. The second kappa shape index (κ2) is 3.71. The third-order valence-corrected chi connectivity index (χ3v) is 1.33. The molecule has 0 aliphatic carbocycles. The Bertz CT molecular complexity index is 286. The van der Waals surface area contributed by atoms with Crippen LogP contribution < -0.4 is 4.74 Å². The van der Waals surface area contributed by atoms with E-state index in [1.165, 1.54) is 18.2 Å². The quantitative estimate of drug-likeness (QED) is 0.699. The summed E-state index contributed by atoms with van der Waals surface area (Å²) in [5.74, 6) is -0.208. The highest BCUT2D eigenvalue weighted by Gasteiger charge is 2.02. The zero-order chi connectivity index (χ0) is 8.97. The molecule has 12 heavy (non-hydrogen) atoms. The van der Waals surface area contributed by atoms with Crippen molar-refractivity contribution in [3.63, 3.8) is 0 Å². The first kappa shape index (κ1) is 8.52. The molecule has 0 atom stereocenters. The van der Waals surface area contributed by atoms with E-state index in [-0.39, 0.29) is 11.5 Å². The van der Waals surface area contributed by atoms with Crippen molar-refractivity contribution >= 4 is 6.29 Å². The van der Waals surface area contributed by atoms with Gasteiger partial charge in [-0.2, -0.15) is 0 Å². The van der Waals surface area contributed by atoms with Gasteiger partial charge in [0.15, 0.2) is 11.5 Å². The lowest BCUT2D eigenvalue weighted by molar-refractivity contribution is 0.112. The van der Waals surface area contributed by atoms with Crippen molar-refractivity contribution in [3.8, 4) is 11.5 Å². The van der Waals surface area contributed by atoms with E-state index in [0.29, 0.717) is 11.8 Å². The lowest BCUT2D eigenvalue weighted by atomic mass is 10.2. The molecule has 1 rings (SSSR count). The monoisotopic (exact) mass is 170 g/mol. The minimum absolute atomic E-state index is 0.0306. The molecule has 3 nitrogen and oxygen atoms in total. The summed E-state index contributed by atoms with van der Waals surface area (Å²) in [5.41, 5.74) is 0.318. The van der Waals surface area contributed by atoms with Gasteiger partial charge in [-0.25, -0.2) is 4.39 Å². The largest absolute Gasteiger partial charge is 0.504 e. The molecular weight excluding hydrogens is 163 g/mol. The third-order valence-electron chi connectivity index (χ3n) is 1.33. The summed E-state index contributed by atoms with van der Waals surface area (Å²) in [6, 6.07) is 3.97. The van der Waals surface area contributed by atoms with E-state index in [1.54, 1.807) is 0 Å². The summed E-state index contributed by atoms with van der Waals surface area (Å²) in [6.45, 7) is -1.01. The van der Waals surface area contributed by atoms with E-state index in [9.17, 15) is 9.18 Å². The van der Waals surface area contributed by atoms with Gasteiger partial charge < -0.3 is 9.84 Å². The number of alkyl halides is 1. The Morgan fingerprint density at radius 3 is 2.83 bits per heavy atom. The zero-order valence-corrected chi connectivity index (χ0v) is 6.16. The maximum atomic E-state index is 11.6. The summed E-state index contributed by atoms with van der Waals surface area (Å²) in [5, 5.41) is 9.10. The average molecular weight is 170 g/mol. The van der Waals surface area contributed by atoms with Crippen LogP contribution in [0.4, 0.5) is 4.39 Å². The van der Waals surface area contributed by atoms with Crippen LogP contribution in [0.25, 0.3) is 0 Å². The summed E-state index contributed by atoms with van der Waals surface area (Å²) in [6.07, 6.45) is 0.582. The maximum Gasteiger partial charge on any atom is 0.228 e. The predicted molar refractivity (Wildman–Crippen MR) is 40.1 cm³/mol. The minimum Gasteiger partial charge on any atom is -0.504 e. The second-order valence-electron chi connectivity index (χ2n) is 2.10. The normalized spacial score (nSPS) is 9.42. The molecule has 0 radical (unpaired) electrons. The second-order valence-corrected chi connectivity index (χ2v) is 2.10. The molecule has 1 N–H and O–H groups in total. The molecule has 0 saturated carbocycles. The fourth-order valence-electron chi connectivity index (χ4n) is 0.789. The first-order valence-electron chi connectivity index (χ1n) is 3.25. The number of phenolic OH excluding ortho intramolecular Hbond substituents is 1. The van der Waals surface area contributed by atoms with E-state index >= 15 is 0 Å². The van der Waals surface area contributed by atoms with Crippen LogP contribution in [0, 0.1) is 0 Å². The molecule has 0 unspecified atom stereocenters. The molecule has 4 heteroatoms. The van der Waals surface area contributed by atoms with Crippen molar-refractivity contribution in [2.45, 2.75) is 0 Å². The summed E-state index contributed by atoms with van der Waals surface area (Å²) < 4.78 is 16.0. The van der Waals surface area contributed by atoms with Gasteiger partial charge in [-0.15, -0.1) is 0 Å². The Labute approximate surface area is 68.4 Å². The molecule has 0 fully saturated rings. The van der Waals surface area contributed by atoms with Gasteiger partial charge in [-0.3, -0.25) is 4.79 Å². The fourth-order valence-corrected chi connectivity index (χ4v) is 0.789. The van der Waals surface area contributed by atoms with Crippen molar-refractivity contribution in [1.82, 2.24) is 0 Å². The molecule has 0 aliphatic rings. The molecule has 0 spiro atoms. The Balaban J connectivity index is 2.94. The van der Waals surface area contributed by atoms with Crippen LogP contribution in [0.2, 0.25) is 0 Å². The van der Waals surface area contributed by atoms with Crippen molar-refractivity contribution in [2.24, 2.45) is 0 Å². The van der Waals surface area contributed by atoms with Gasteiger partial charge in [0.2, 0.25) is 6.86 Å². The summed E-state index contributed by atoms with van der Waals surface area (Å²) >= 11 is 0. The SMILES string of the molecule is O=Cc1ccc(OCF)c(O)c1. The maximum absolute atomic E-state index is 11.6. The topological polar surface area (TPSA) is 46.5 Å². The smallest absolute Gasteiger partial charge is 0.228 e. The molecule has 0 aromatic heterocycles. The highest BCUT2D eigenvalue weighted by molar-refractivity contribution is 5.76. The number of carbonyl (C=O) groups is 1. The predicted octanol–water partition coefficient (Wildman–Crippen LogP) is 1.51. The van der Waals surface area contributed by atoms with Crippen molar-refractivity contribution in [3.05, 3.63) is 23.8 Å². The molecule has 0 heterocycles. The van der Waals surface area contributed by atoms with Gasteiger partial charge in [-0.1, -0.05) is 0 Å². The van der Waals surface area contributed by atoms with Crippen LogP contribution in [0.5, 0.6) is 11.5 Å². The van der Waals surface area contributed by atoms with Gasteiger partial charge in [0.05, 0.1) is 0 Å². The molecule has 0 aliphatic heterocycles. The lowest BCUT2D eigenvalue weighted by Crippen LogP contribution is -1.90. The molecule has 1 aromatic rings. The Morgan fingerprint density at radius 2 is 2.33 bits per heavy atom. The van der Waals surface area contributed by atoms with Crippen molar-refractivity contribution in [1.29, 1.82) is 0 Å². The van der Waals surface area contributed by atoms with Gasteiger partial charge in [0.1, 0.15) is 6.29 Å². The van der Waals surface area contributed by atoms with Gasteiger partial charge in [-0.05, 0) is 18.2 Å². The molecule has 0 saturated heterocycles. The molecule has 0 amide bonds. The van der Waals surface area contributed by atoms with Crippen LogP contribution in [-0.4, -0.2) is 18.3 Å². The van der Waals surface area contributed by atoms with Gasteiger partial charge in [0.25, 0.3) is 0 Å². The van der Waals surface area contributed by atoms with Crippen molar-refractivity contribution < 1.29 is 19.0 Å². The number of benzene rings is 1. The number of carbonyl (C=O) groups excluding carboxylic acids is 1. The highest BCUT2D eigenvalue weighted by Crippen LogP contribution is 2.25. The first-order chi connectivity index (χ1) is 5.77. The number of rotatable bonds is 3. The first-order valence-corrected chi connectivity index (χ1v) is 3.25. The number of hydrogen-bond acceptors (Lipinski definition) is 3. The third kappa shape index (κ3) is 1.72. The zero-order valence-electron chi connectivity index (χ0n) is 6.16. The highest BCUT2D eigenvalue weighted by atomic mass is 19.1. The number of aromatic hydroxyl groups is 1. The van der Waals surface area contributed by atoms with Crippen LogP contribution in [0.1, 0.15) is 10.4 Å². The molecule has 1 aromatic carbocycles. The Hall–Kier alpha value is -1.58. The van der Waals surface area contributed by atoms with Crippen LogP contribution in [0.15, 0.2) is 18.2 Å². The van der Waals surface area contributed by atoms with E-state index < -0.39 is 6.86 Å². The summed E-state index contributed by atoms with van der Waals surface area (Å²) in [4.78, 5) is 10.2. The Kier molecular flexibility index (Phi) is 2.63. The van der Waals surface area contributed by atoms with E-state index in [1.807, 2.05) is 0 Å². The van der Waals surface area contributed by atoms with Crippen LogP contribution in [0.3, 0.4) is 0 Å². The van der Waals surface area contributed by atoms with Crippen molar-refractivity contribution in [2.75, 3.05) is 6.86 Å². The van der Waals surface area contributed by atoms with Crippen LogP contribution in [-0.2, 0) is 0 Å². The number of hydrogen-bond donors (Lipinski definition) is 1. The van der Waals surface area contributed by atoms with Gasteiger partial charge in [0, 0.05) is 5.56 Å². The standard InChI is InChI=1S/C8H7FO3/c9-5-12-8-2-1-6(4-10)3-7(8)11/h1-4,11H,5H2. The number of phenols is 1. The van der Waals surface area contributed by atoms with Crippen LogP contribution >= 0.6 is 0 Å².